The number of aldehydes is 1. The number of para-hydroxylation sites is 2. The van der Waals surface area contributed by atoms with Gasteiger partial charge < -0.3 is 0 Å². The van der Waals surface area contributed by atoms with Gasteiger partial charge in [0.15, 0.2) is 6.29 Å². The summed E-state index contributed by atoms with van der Waals surface area (Å²) in [6.07, 6.45) is 1.85. The van der Waals surface area contributed by atoms with Crippen LogP contribution in [0.1, 0.15) is 10.5 Å². The van der Waals surface area contributed by atoms with E-state index >= 15 is 0 Å². The van der Waals surface area contributed by atoms with E-state index in [1.54, 1.807) is 12.1 Å². The molecule has 1 heterocycles. The van der Waals surface area contributed by atoms with Gasteiger partial charge in [-0.05, 0) is 6.07 Å². The number of carbonyl (C=O) groups is 1. The smallest absolute Gasteiger partial charge is 0.294 e. The molecule has 0 aliphatic carbocycles. The molecule has 0 saturated heterocycles. The van der Waals surface area contributed by atoms with Crippen molar-refractivity contribution in [2.45, 2.75) is 0 Å². The Morgan fingerprint density at radius 2 is 2.12 bits per heavy atom. The Hall–Kier alpha value is -2.57. The average Bonchev–Trinajstić information content (AvgIpc) is 2.77. The number of carbonyl (C=O) groups excluding carboxylic acids is 1. The lowest BCUT2D eigenvalue weighted by molar-refractivity contribution is -0.384. The second-order valence-electron chi connectivity index (χ2n) is 2.95. The molecule has 16 heavy (non-hydrogen) atoms. The molecule has 1 aromatic carbocycles. The second kappa shape index (κ2) is 3.89. The van der Waals surface area contributed by atoms with Crippen LogP contribution < -0.4 is 0 Å². The van der Waals surface area contributed by atoms with Gasteiger partial charge in [0, 0.05) is 6.07 Å². The summed E-state index contributed by atoms with van der Waals surface area (Å²) in [5.74, 6) is 0. The van der Waals surface area contributed by atoms with Gasteiger partial charge >= 0.3 is 0 Å². The van der Waals surface area contributed by atoms with Gasteiger partial charge in [-0.2, -0.15) is 0 Å². The van der Waals surface area contributed by atoms with Gasteiger partial charge in [0.25, 0.3) is 5.69 Å². The Balaban J connectivity index is 2.54. The zero-order valence-corrected chi connectivity index (χ0v) is 7.98. The van der Waals surface area contributed by atoms with Crippen LogP contribution in [0.4, 0.5) is 5.69 Å². The molecule has 0 atom stereocenters. The number of aromatic nitrogens is 3. The van der Waals surface area contributed by atoms with E-state index in [9.17, 15) is 14.9 Å². The lowest BCUT2D eigenvalue weighted by Crippen LogP contribution is -2.00. The molecule has 2 rings (SSSR count). The van der Waals surface area contributed by atoms with Gasteiger partial charge in [-0.15, -0.1) is 5.10 Å². The Morgan fingerprint density at radius 1 is 1.38 bits per heavy atom. The topological polar surface area (TPSA) is 90.9 Å². The van der Waals surface area contributed by atoms with E-state index in [2.05, 4.69) is 10.3 Å². The van der Waals surface area contributed by atoms with Crippen LogP contribution in [0, 0.1) is 10.1 Å². The first kappa shape index (κ1) is 9.97. The van der Waals surface area contributed by atoms with Gasteiger partial charge in [-0.1, -0.05) is 17.3 Å². The largest absolute Gasteiger partial charge is 0.296 e. The molecule has 7 nitrogen and oxygen atoms in total. The van der Waals surface area contributed by atoms with Crippen molar-refractivity contribution in [3.63, 3.8) is 0 Å². The molecular formula is C9H6N4O3. The fourth-order valence-electron chi connectivity index (χ4n) is 1.26. The summed E-state index contributed by atoms with van der Waals surface area (Å²) in [5, 5.41) is 17.9. The first-order valence-electron chi connectivity index (χ1n) is 4.33. The third-order valence-electron chi connectivity index (χ3n) is 1.96. The standard InChI is InChI=1S/C9H6N4O3/c14-6-7-5-12(11-10-7)8-3-1-2-4-9(8)13(15)16/h1-6H. The number of hydrogen-bond donors (Lipinski definition) is 0. The van der Waals surface area contributed by atoms with Crippen molar-refractivity contribution in [1.29, 1.82) is 0 Å². The molecule has 0 aliphatic rings. The van der Waals surface area contributed by atoms with Gasteiger partial charge in [0.1, 0.15) is 11.4 Å². The first-order chi connectivity index (χ1) is 7.72. The minimum absolute atomic E-state index is 0.0927. The van der Waals surface area contributed by atoms with E-state index in [1.807, 2.05) is 0 Å². The lowest BCUT2D eigenvalue weighted by atomic mass is 10.3. The van der Waals surface area contributed by atoms with E-state index in [1.165, 1.54) is 23.0 Å². The molecule has 0 spiro atoms. The van der Waals surface area contributed by atoms with Crippen LogP contribution in [-0.2, 0) is 0 Å². The number of nitro groups is 1. The molecule has 0 fully saturated rings. The molecule has 0 N–H and O–H groups in total. The number of nitro benzene ring substituents is 1. The van der Waals surface area contributed by atoms with Crippen LogP contribution in [-0.4, -0.2) is 26.2 Å². The van der Waals surface area contributed by atoms with Crippen molar-refractivity contribution in [1.82, 2.24) is 15.0 Å². The molecular weight excluding hydrogens is 212 g/mol. The van der Waals surface area contributed by atoms with E-state index in [4.69, 9.17) is 0 Å². The molecule has 0 amide bonds. The van der Waals surface area contributed by atoms with Crippen LogP contribution in [0.2, 0.25) is 0 Å². The summed E-state index contributed by atoms with van der Waals surface area (Å²) in [5.41, 5.74) is 0.302. The summed E-state index contributed by atoms with van der Waals surface area (Å²) in [6, 6.07) is 6.09. The average molecular weight is 218 g/mol. The van der Waals surface area contributed by atoms with E-state index in [-0.39, 0.29) is 17.1 Å². The summed E-state index contributed by atoms with van der Waals surface area (Å²) in [7, 11) is 0. The fraction of sp³-hybridized carbons (Fsp3) is 0. The van der Waals surface area contributed by atoms with Gasteiger partial charge in [-0.3, -0.25) is 14.9 Å². The summed E-state index contributed by atoms with van der Waals surface area (Å²) >= 11 is 0. The predicted molar refractivity (Wildman–Crippen MR) is 53.4 cm³/mol. The number of benzene rings is 1. The zero-order valence-electron chi connectivity index (χ0n) is 7.98. The maximum atomic E-state index is 10.7. The summed E-state index contributed by atoms with van der Waals surface area (Å²) in [6.45, 7) is 0. The molecule has 0 bridgehead atoms. The Kier molecular flexibility index (Phi) is 2.42. The molecule has 7 heteroatoms. The molecule has 0 aliphatic heterocycles. The lowest BCUT2D eigenvalue weighted by Gasteiger charge is -2.00. The molecule has 0 saturated carbocycles. The Bertz CT molecular complexity index is 549. The van der Waals surface area contributed by atoms with Crippen molar-refractivity contribution < 1.29 is 9.72 Å². The van der Waals surface area contributed by atoms with Crippen molar-refractivity contribution >= 4 is 12.0 Å². The monoisotopic (exact) mass is 218 g/mol. The second-order valence-corrected chi connectivity index (χ2v) is 2.95. The molecule has 80 valence electrons. The molecule has 2 aromatic rings. The molecule has 0 unspecified atom stereocenters. The highest BCUT2D eigenvalue weighted by molar-refractivity contribution is 5.71. The normalized spacial score (nSPS) is 10.0. The van der Waals surface area contributed by atoms with Crippen LogP contribution >= 0.6 is 0 Å². The fourth-order valence-corrected chi connectivity index (χ4v) is 1.26. The Morgan fingerprint density at radius 3 is 2.75 bits per heavy atom. The van der Waals surface area contributed by atoms with Crippen LogP contribution in [0.5, 0.6) is 0 Å². The summed E-state index contributed by atoms with van der Waals surface area (Å²) in [4.78, 5) is 20.6. The minimum Gasteiger partial charge on any atom is -0.296 e. The third-order valence-corrected chi connectivity index (χ3v) is 1.96. The van der Waals surface area contributed by atoms with Crippen LogP contribution in [0.3, 0.4) is 0 Å². The zero-order chi connectivity index (χ0) is 11.5. The van der Waals surface area contributed by atoms with Gasteiger partial charge in [0.05, 0.1) is 11.1 Å². The third kappa shape index (κ3) is 1.65. The van der Waals surface area contributed by atoms with Crippen molar-refractivity contribution in [2.75, 3.05) is 0 Å². The van der Waals surface area contributed by atoms with Gasteiger partial charge in [-0.25, -0.2) is 4.68 Å². The molecule has 0 radical (unpaired) electrons. The number of rotatable bonds is 3. The minimum atomic E-state index is -0.516. The SMILES string of the molecule is O=Cc1cn(-c2ccccc2[N+](=O)[O-])nn1. The van der Waals surface area contributed by atoms with Crippen LogP contribution in [0.15, 0.2) is 30.5 Å². The van der Waals surface area contributed by atoms with Crippen molar-refractivity contribution in [2.24, 2.45) is 0 Å². The van der Waals surface area contributed by atoms with Crippen LogP contribution in [0.25, 0.3) is 5.69 Å². The van der Waals surface area contributed by atoms with E-state index < -0.39 is 4.92 Å². The summed E-state index contributed by atoms with van der Waals surface area (Å²) < 4.78 is 1.20. The van der Waals surface area contributed by atoms with E-state index in [0.29, 0.717) is 6.29 Å². The highest BCUT2D eigenvalue weighted by Crippen LogP contribution is 2.20. The maximum absolute atomic E-state index is 10.7. The highest BCUT2D eigenvalue weighted by atomic mass is 16.6. The Labute approximate surface area is 89.5 Å². The first-order valence-corrected chi connectivity index (χ1v) is 4.33. The maximum Gasteiger partial charge on any atom is 0.294 e. The van der Waals surface area contributed by atoms with Crippen molar-refractivity contribution in [3.8, 4) is 5.69 Å². The number of hydrogen-bond acceptors (Lipinski definition) is 5. The van der Waals surface area contributed by atoms with Gasteiger partial charge in [0.2, 0.25) is 0 Å². The number of nitrogens with zero attached hydrogens (tertiary/aromatic N) is 4. The quantitative estimate of drug-likeness (QED) is 0.435. The van der Waals surface area contributed by atoms with Crippen molar-refractivity contribution in [3.05, 3.63) is 46.3 Å². The predicted octanol–water partition coefficient (Wildman–Crippen LogP) is 0.988. The van der Waals surface area contributed by atoms with E-state index in [0.717, 1.165) is 0 Å². The highest BCUT2D eigenvalue weighted by Gasteiger charge is 2.15. The molecule has 1 aromatic heterocycles.